The van der Waals surface area contributed by atoms with Gasteiger partial charge in [0.2, 0.25) is 0 Å². The molecule has 2 aromatic rings. The first-order valence-corrected chi connectivity index (χ1v) is 11.0. The Morgan fingerprint density at radius 2 is 1.79 bits per heavy atom. The van der Waals surface area contributed by atoms with Crippen molar-refractivity contribution in [3.05, 3.63) is 65.2 Å². The number of hydrogen-bond acceptors (Lipinski definition) is 5. The van der Waals surface area contributed by atoms with Crippen molar-refractivity contribution in [1.82, 2.24) is 5.32 Å². The standard InChI is InChI=1S/C21H22ClNO5S/c1-20(2,3)28-19(25)23-21(13-24)17(14-8-7-9-15(22)12-14)18(21)29(26,27)16-10-5-4-6-11-16/h4-13,17-18H,1-3H3,(H,23,25). The highest BCUT2D eigenvalue weighted by atomic mass is 35.5. The molecule has 0 aromatic heterocycles. The fourth-order valence-corrected chi connectivity index (χ4v) is 5.98. The molecule has 0 radical (unpaired) electrons. The van der Waals surface area contributed by atoms with Crippen LogP contribution in [0.1, 0.15) is 32.3 Å². The minimum Gasteiger partial charge on any atom is -0.444 e. The molecule has 3 unspecified atom stereocenters. The molecule has 0 saturated heterocycles. The Labute approximate surface area is 175 Å². The van der Waals surface area contributed by atoms with Crippen LogP contribution in [0, 0.1) is 0 Å². The summed E-state index contributed by atoms with van der Waals surface area (Å²) in [5.74, 6) is -0.795. The highest BCUT2D eigenvalue weighted by molar-refractivity contribution is 7.92. The number of amides is 1. The van der Waals surface area contributed by atoms with E-state index in [1.165, 1.54) is 12.1 Å². The van der Waals surface area contributed by atoms with Crippen LogP contribution in [-0.2, 0) is 19.4 Å². The summed E-state index contributed by atoms with van der Waals surface area (Å²) in [7, 11) is -3.93. The van der Waals surface area contributed by atoms with E-state index in [1.54, 1.807) is 63.2 Å². The second-order valence-corrected chi connectivity index (χ2v) is 10.5. The van der Waals surface area contributed by atoms with Gasteiger partial charge in [0.25, 0.3) is 0 Å². The molecule has 0 aliphatic heterocycles. The lowest BCUT2D eigenvalue weighted by Gasteiger charge is -2.22. The second-order valence-electron chi connectivity index (χ2n) is 7.99. The van der Waals surface area contributed by atoms with E-state index in [0.29, 0.717) is 16.9 Å². The van der Waals surface area contributed by atoms with E-state index >= 15 is 0 Å². The summed E-state index contributed by atoms with van der Waals surface area (Å²) in [5, 5.41) is 1.74. The van der Waals surface area contributed by atoms with Crippen molar-refractivity contribution < 1.29 is 22.7 Å². The summed E-state index contributed by atoms with van der Waals surface area (Å²) >= 11 is 6.08. The SMILES string of the molecule is CC(C)(C)OC(=O)NC1(C=O)C(c2cccc(Cl)c2)C1S(=O)(=O)c1ccccc1. The summed E-state index contributed by atoms with van der Waals surface area (Å²) in [5.41, 5.74) is -1.91. The van der Waals surface area contributed by atoms with Crippen molar-refractivity contribution in [2.24, 2.45) is 0 Å². The predicted molar refractivity (Wildman–Crippen MR) is 110 cm³/mol. The molecule has 1 fully saturated rings. The number of halogens is 1. The van der Waals surface area contributed by atoms with Gasteiger partial charge in [-0.25, -0.2) is 13.2 Å². The van der Waals surface area contributed by atoms with E-state index in [-0.39, 0.29) is 4.90 Å². The summed E-state index contributed by atoms with van der Waals surface area (Å²) in [6.45, 7) is 5.04. The van der Waals surface area contributed by atoms with Crippen LogP contribution in [0.4, 0.5) is 4.79 Å². The van der Waals surface area contributed by atoms with Crippen LogP contribution in [-0.4, -0.2) is 37.2 Å². The molecular formula is C21H22ClNO5S. The number of carbonyl (C=O) groups excluding carboxylic acids is 2. The number of alkyl carbamates (subject to hydrolysis) is 1. The molecule has 1 saturated carbocycles. The van der Waals surface area contributed by atoms with Crippen molar-refractivity contribution in [2.75, 3.05) is 0 Å². The third-order valence-electron chi connectivity index (χ3n) is 4.71. The van der Waals surface area contributed by atoms with Gasteiger partial charge in [0, 0.05) is 10.9 Å². The van der Waals surface area contributed by atoms with Crippen LogP contribution in [0.25, 0.3) is 0 Å². The van der Waals surface area contributed by atoms with Crippen LogP contribution in [0.3, 0.4) is 0 Å². The van der Waals surface area contributed by atoms with Crippen LogP contribution < -0.4 is 5.32 Å². The highest BCUT2D eigenvalue weighted by Crippen LogP contribution is 2.56. The van der Waals surface area contributed by atoms with Crippen molar-refractivity contribution in [3.8, 4) is 0 Å². The van der Waals surface area contributed by atoms with Gasteiger partial charge in [0.05, 0.1) is 4.90 Å². The molecule has 1 aliphatic carbocycles. The highest BCUT2D eigenvalue weighted by Gasteiger charge is 2.73. The van der Waals surface area contributed by atoms with E-state index in [0.717, 1.165) is 0 Å². The molecule has 0 heterocycles. The number of hydrogen-bond donors (Lipinski definition) is 1. The van der Waals surface area contributed by atoms with E-state index in [2.05, 4.69) is 5.32 Å². The summed E-state index contributed by atoms with van der Waals surface area (Å²) in [6.07, 6.45) is -0.379. The molecule has 154 valence electrons. The van der Waals surface area contributed by atoms with Gasteiger partial charge in [-0.1, -0.05) is 41.9 Å². The third kappa shape index (κ3) is 4.16. The number of ether oxygens (including phenoxy) is 1. The lowest BCUT2D eigenvalue weighted by molar-refractivity contribution is -0.110. The van der Waals surface area contributed by atoms with E-state index in [1.807, 2.05) is 0 Å². The zero-order valence-electron chi connectivity index (χ0n) is 16.3. The van der Waals surface area contributed by atoms with E-state index < -0.39 is 38.2 Å². The van der Waals surface area contributed by atoms with Gasteiger partial charge in [-0.2, -0.15) is 0 Å². The van der Waals surface area contributed by atoms with Crippen molar-refractivity contribution in [2.45, 2.75) is 48.0 Å². The molecule has 0 bridgehead atoms. The third-order valence-corrected chi connectivity index (χ3v) is 7.20. The zero-order valence-corrected chi connectivity index (χ0v) is 17.8. The Morgan fingerprint density at radius 1 is 1.14 bits per heavy atom. The minimum atomic E-state index is -3.93. The first-order valence-electron chi connectivity index (χ1n) is 9.03. The Bertz CT molecular complexity index is 1030. The molecular weight excluding hydrogens is 414 g/mol. The number of carbonyl (C=O) groups is 2. The van der Waals surface area contributed by atoms with Gasteiger partial charge in [-0.05, 0) is 50.6 Å². The molecule has 8 heteroatoms. The summed E-state index contributed by atoms with van der Waals surface area (Å²) in [4.78, 5) is 24.7. The number of aldehydes is 1. The van der Waals surface area contributed by atoms with Crippen LogP contribution in [0.2, 0.25) is 5.02 Å². The maximum Gasteiger partial charge on any atom is 0.408 e. The Hall–Kier alpha value is -2.38. The second kappa shape index (κ2) is 7.46. The first kappa shape index (κ1) is 21.3. The van der Waals surface area contributed by atoms with Crippen molar-refractivity contribution >= 4 is 33.8 Å². The molecule has 29 heavy (non-hydrogen) atoms. The van der Waals surface area contributed by atoms with Crippen LogP contribution in [0.15, 0.2) is 59.5 Å². The molecule has 6 nitrogen and oxygen atoms in total. The number of benzene rings is 2. The molecule has 2 aromatic carbocycles. The average Bonchev–Trinajstić information content (AvgIpc) is 3.30. The topological polar surface area (TPSA) is 89.5 Å². The quantitative estimate of drug-likeness (QED) is 0.722. The maximum atomic E-state index is 13.3. The number of sulfone groups is 1. The van der Waals surface area contributed by atoms with E-state index in [4.69, 9.17) is 16.3 Å². The Balaban J connectivity index is 2.05. The molecule has 1 aliphatic rings. The van der Waals surface area contributed by atoms with Crippen LogP contribution >= 0.6 is 11.6 Å². The van der Waals surface area contributed by atoms with Gasteiger partial charge in [0.1, 0.15) is 22.7 Å². The molecule has 3 atom stereocenters. The van der Waals surface area contributed by atoms with Crippen molar-refractivity contribution in [1.29, 1.82) is 0 Å². The Kier molecular flexibility index (Phi) is 5.49. The number of nitrogens with one attached hydrogen (secondary N) is 1. The lowest BCUT2D eigenvalue weighted by atomic mass is 10.1. The normalized spacial score (nSPS) is 23.9. The number of rotatable bonds is 5. The maximum absolute atomic E-state index is 13.3. The fourth-order valence-electron chi connectivity index (χ4n) is 3.52. The van der Waals surface area contributed by atoms with E-state index in [9.17, 15) is 18.0 Å². The minimum absolute atomic E-state index is 0.0757. The molecule has 3 rings (SSSR count). The van der Waals surface area contributed by atoms with Gasteiger partial charge in [-0.3, -0.25) is 0 Å². The summed E-state index contributed by atoms with van der Waals surface area (Å²) < 4.78 is 31.9. The van der Waals surface area contributed by atoms with Gasteiger partial charge in [-0.15, -0.1) is 0 Å². The fraction of sp³-hybridized carbons (Fsp3) is 0.333. The lowest BCUT2D eigenvalue weighted by Crippen LogP contribution is -2.45. The zero-order chi connectivity index (χ0) is 21.4. The van der Waals surface area contributed by atoms with Crippen LogP contribution in [0.5, 0.6) is 0 Å². The summed E-state index contributed by atoms with van der Waals surface area (Å²) in [6, 6.07) is 14.4. The van der Waals surface area contributed by atoms with Gasteiger partial charge < -0.3 is 14.8 Å². The molecule has 1 amide bonds. The van der Waals surface area contributed by atoms with Gasteiger partial charge in [0.15, 0.2) is 9.84 Å². The predicted octanol–water partition coefficient (Wildman–Crippen LogP) is 3.74. The Morgan fingerprint density at radius 3 is 2.34 bits per heavy atom. The smallest absolute Gasteiger partial charge is 0.408 e. The molecule has 0 spiro atoms. The monoisotopic (exact) mass is 435 g/mol. The molecule has 1 N–H and O–H groups in total. The largest absolute Gasteiger partial charge is 0.444 e. The average molecular weight is 436 g/mol. The first-order chi connectivity index (χ1) is 13.5. The van der Waals surface area contributed by atoms with Gasteiger partial charge >= 0.3 is 6.09 Å². The van der Waals surface area contributed by atoms with Crippen molar-refractivity contribution in [3.63, 3.8) is 0 Å².